The summed E-state index contributed by atoms with van der Waals surface area (Å²) in [5.41, 5.74) is 0. The second-order valence-electron chi connectivity index (χ2n) is 3.49. The Hall–Kier alpha value is -0.650. The van der Waals surface area contributed by atoms with Crippen LogP contribution in [0.1, 0.15) is 6.42 Å². The fourth-order valence-electron chi connectivity index (χ4n) is 1.59. The van der Waals surface area contributed by atoms with E-state index in [0.717, 1.165) is 19.6 Å². The summed E-state index contributed by atoms with van der Waals surface area (Å²) in [4.78, 5) is 12.5. The second-order valence-corrected chi connectivity index (χ2v) is 3.49. The van der Waals surface area contributed by atoms with Crippen molar-refractivity contribution in [2.24, 2.45) is 0 Å². The molecule has 0 saturated carbocycles. The molecule has 5 nitrogen and oxygen atoms in total. The van der Waals surface area contributed by atoms with Crippen LogP contribution in [-0.2, 0) is 9.53 Å². The summed E-state index contributed by atoms with van der Waals surface area (Å²) in [5.74, 6) is -0.735. The van der Waals surface area contributed by atoms with Gasteiger partial charge in [0.05, 0.1) is 19.1 Å². The summed E-state index contributed by atoms with van der Waals surface area (Å²) in [7, 11) is 1.89. The van der Waals surface area contributed by atoms with E-state index in [0.29, 0.717) is 13.2 Å². The standard InChI is InChI=1S/C9H18N2O3/c1-10-6-8-7-11(4-5-14-8)3-2-9(12)13/h8,10H,2-7H2,1H3,(H,12,13). The number of carbonyl (C=O) groups is 1. The molecule has 0 aromatic carbocycles. The van der Waals surface area contributed by atoms with Crippen molar-refractivity contribution in [3.05, 3.63) is 0 Å². The number of nitrogens with zero attached hydrogens (tertiary/aromatic N) is 1. The van der Waals surface area contributed by atoms with Crippen LogP contribution in [0.5, 0.6) is 0 Å². The van der Waals surface area contributed by atoms with Crippen molar-refractivity contribution in [3.63, 3.8) is 0 Å². The van der Waals surface area contributed by atoms with Crippen molar-refractivity contribution >= 4 is 5.97 Å². The van der Waals surface area contributed by atoms with Crippen LogP contribution in [0.25, 0.3) is 0 Å². The molecule has 82 valence electrons. The van der Waals surface area contributed by atoms with Crippen molar-refractivity contribution < 1.29 is 14.6 Å². The zero-order valence-electron chi connectivity index (χ0n) is 8.53. The van der Waals surface area contributed by atoms with Gasteiger partial charge in [-0.05, 0) is 7.05 Å². The fraction of sp³-hybridized carbons (Fsp3) is 0.889. The Morgan fingerprint density at radius 3 is 3.14 bits per heavy atom. The Bertz CT molecular complexity index is 185. The van der Waals surface area contributed by atoms with Crippen molar-refractivity contribution in [2.45, 2.75) is 12.5 Å². The Morgan fingerprint density at radius 1 is 1.71 bits per heavy atom. The van der Waals surface area contributed by atoms with Gasteiger partial charge in [-0.15, -0.1) is 0 Å². The van der Waals surface area contributed by atoms with E-state index in [-0.39, 0.29) is 12.5 Å². The molecular formula is C9H18N2O3. The van der Waals surface area contributed by atoms with Crippen LogP contribution >= 0.6 is 0 Å². The molecule has 5 heteroatoms. The molecule has 0 bridgehead atoms. The SMILES string of the molecule is CNCC1CN(CCC(=O)O)CCO1. The van der Waals surface area contributed by atoms with Crippen molar-refractivity contribution in [1.29, 1.82) is 0 Å². The summed E-state index contributed by atoms with van der Waals surface area (Å²) in [5, 5.41) is 11.6. The number of hydrogen-bond donors (Lipinski definition) is 2. The first-order valence-electron chi connectivity index (χ1n) is 4.92. The number of ether oxygens (including phenoxy) is 1. The molecule has 1 rings (SSSR count). The van der Waals surface area contributed by atoms with Gasteiger partial charge >= 0.3 is 5.97 Å². The van der Waals surface area contributed by atoms with Crippen LogP contribution in [0.15, 0.2) is 0 Å². The van der Waals surface area contributed by atoms with Gasteiger partial charge in [-0.3, -0.25) is 9.69 Å². The van der Waals surface area contributed by atoms with Crippen LogP contribution in [-0.4, -0.2) is 61.9 Å². The molecule has 1 heterocycles. The van der Waals surface area contributed by atoms with Crippen LogP contribution in [0.3, 0.4) is 0 Å². The zero-order valence-corrected chi connectivity index (χ0v) is 8.53. The third-order valence-corrected chi connectivity index (χ3v) is 2.30. The molecule has 0 amide bonds. The van der Waals surface area contributed by atoms with Gasteiger partial charge in [0.15, 0.2) is 0 Å². The van der Waals surface area contributed by atoms with Gasteiger partial charge < -0.3 is 15.2 Å². The maximum Gasteiger partial charge on any atom is 0.304 e. The van der Waals surface area contributed by atoms with Crippen LogP contribution in [0.2, 0.25) is 0 Å². The van der Waals surface area contributed by atoms with Gasteiger partial charge in [0.25, 0.3) is 0 Å². The molecule has 0 radical (unpaired) electrons. The highest BCUT2D eigenvalue weighted by atomic mass is 16.5. The quantitative estimate of drug-likeness (QED) is 0.622. The lowest BCUT2D eigenvalue weighted by Crippen LogP contribution is -2.46. The highest BCUT2D eigenvalue weighted by Crippen LogP contribution is 2.04. The number of hydrogen-bond acceptors (Lipinski definition) is 4. The zero-order chi connectivity index (χ0) is 10.4. The first-order chi connectivity index (χ1) is 6.72. The van der Waals surface area contributed by atoms with Gasteiger partial charge in [0.2, 0.25) is 0 Å². The highest BCUT2D eigenvalue weighted by molar-refractivity contribution is 5.66. The van der Waals surface area contributed by atoms with Gasteiger partial charge in [0.1, 0.15) is 0 Å². The molecule has 1 saturated heterocycles. The van der Waals surface area contributed by atoms with Crippen molar-refractivity contribution in [1.82, 2.24) is 10.2 Å². The lowest BCUT2D eigenvalue weighted by atomic mass is 10.2. The largest absolute Gasteiger partial charge is 0.481 e. The lowest BCUT2D eigenvalue weighted by Gasteiger charge is -2.32. The molecule has 1 aliphatic rings. The normalized spacial score (nSPS) is 23.6. The molecule has 0 aliphatic carbocycles. The average Bonchev–Trinajstić information content (AvgIpc) is 2.16. The monoisotopic (exact) mass is 202 g/mol. The van der Waals surface area contributed by atoms with E-state index in [1.54, 1.807) is 0 Å². The van der Waals surface area contributed by atoms with Crippen LogP contribution in [0.4, 0.5) is 0 Å². The number of rotatable bonds is 5. The van der Waals surface area contributed by atoms with E-state index in [1.807, 2.05) is 7.05 Å². The first kappa shape index (κ1) is 11.4. The van der Waals surface area contributed by atoms with Crippen LogP contribution < -0.4 is 5.32 Å². The average molecular weight is 202 g/mol. The highest BCUT2D eigenvalue weighted by Gasteiger charge is 2.19. The predicted molar refractivity (Wildman–Crippen MR) is 52.4 cm³/mol. The van der Waals surface area contributed by atoms with Crippen molar-refractivity contribution in [2.75, 3.05) is 39.8 Å². The summed E-state index contributed by atoms with van der Waals surface area (Å²) in [6.45, 7) is 3.82. The van der Waals surface area contributed by atoms with E-state index in [9.17, 15) is 4.79 Å². The molecule has 14 heavy (non-hydrogen) atoms. The Labute approximate surface area is 84.0 Å². The molecule has 1 atom stereocenters. The van der Waals surface area contributed by atoms with Crippen molar-refractivity contribution in [3.8, 4) is 0 Å². The van der Waals surface area contributed by atoms with Gasteiger partial charge in [-0.1, -0.05) is 0 Å². The summed E-state index contributed by atoms with van der Waals surface area (Å²) >= 11 is 0. The Morgan fingerprint density at radius 2 is 2.50 bits per heavy atom. The number of likely N-dealkylation sites (N-methyl/N-ethyl adjacent to an activating group) is 1. The van der Waals surface area contributed by atoms with E-state index in [4.69, 9.17) is 9.84 Å². The maximum absolute atomic E-state index is 10.4. The van der Waals surface area contributed by atoms with Crippen LogP contribution in [0, 0.1) is 0 Å². The molecule has 1 fully saturated rings. The number of carboxylic acid groups (broad SMARTS) is 1. The molecule has 2 N–H and O–H groups in total. The van der Waals surface area contributed by atoms with E-state index >= 15 is 0 Å². The van der Waals surface area contributed by atoms with Gasteiger partial charge in [-0.25, -0.2) is 0 Å². The lowest BCUT2D eigenvalue weighted by molar-refractivity contribution is -0.137. The summed E-state index contributed by atoms with van der Waals surface area (Å²) in [6, 6.07) is 0. The number of morpholine rings is 1. The summed E-state index contributed by atoms with van der Waals surface area (Å²) < 4.78 is 5.50. The first-order valence-corrected chi connectivity index (χ1v) is 4.92. The minimum atomic E-state index is -0.735. The number of carboxylic acids is 1. The number of nitrogens with one attached hydrogen (secondary N) is 1. The predicted octanol–water partition coefficient (Wildman–Crippen LogP) is -0.619. The van der Waals surface area contributed by atoms with Gasteiger partial charge in [0, 0.05) is 26.2 Å². The summed E-state index contributed by atoms with van der Waals surface area (Å²) in [6.07, 6.45) is 0.411. The molecule has 1 aliphatic heterocycles. The molecular weight excluding hydrogens is 184 g/mol. The van der Waals surface area contributed by atoms with Gasteiger partial charge in [-0.2, -0.15) is 0 Å². The maximum atomic E-state index is 10.4. The minimum Gasteiger partial charge on any atom is -0.481 e. The molecule has 0 aromatic heterocycles. The third-order valence-electron chi connectivity index (χ3n) is 2.30. The number of aliphatic carboxylic acids is 1. The topological polar surface area (TPSA) is 61.8 Å². The fourth-order valence-corrected chi connectivity index (χ4v) is 1.59. The van der Waals surface area contributed by atoms with E-state index < -0.39 is 5.97 Å². The van der Waals surface area contributed by atoms with E-state index in [2.05, 4.69) is 10.2 Å². The third kappa shape index (κ3) is 4.04. The molecule has 0 spiro atoms. The molecule has 0 aromatic rings. The van der Waals surface area contributed by atoms with E-state index in [1.165, 1.54) is 0 Å². The smallest absolute Gasteiger partial charge is 0.304 e. The Kier molecular flexibility index (Phi) is 4.86. The molecule has 1 unspecified atom stereocenters. The Balaban J connectivity index is 2.21. The second kappa shape index (κ2) is 5.95. The minimum absolute atomic E-state index is 0.197.